The molecule has 2 atom stereocenters. The lowest BCUT2D eigenvalue weighted by Gasteiger charge is -2.29. The summed E-state index contributed by atoms with van der Waals surface area (Å²) in [7, 11) is 0. The molecule has 0 aliphatic heterocycles. The van der Waals surface area contributed by atoms with E-state index in [1.165, 1.54) is 26.4 Å². The highest BCUT2D eigenvalue weighted by Gasteiger charge is 2.35. The molecule has 34 heavy (non-hydrogen) atoms. The van der Waals surface area contributed by atoms with E-state index in [1.54, 1.807) is 0 Å². The number of aromatic nitrogens is 2. The first-order valence-electron chi connectivity index (χ1n) is 9.66. The van der Waals surface area contributed by atoms with Crippen LogP contribution in [0.1, 0.15) is 32.4 Å². The minimum absolute atomic E-state index is 0.105. The molecule has 1 rings (SSSR count). The van der Waals surface area contributed by atoms with Gasteiger partial charge in [0.25, 0.3) is 0 Å². The molecule has 190 valence electrons. The summed E-state index contributed by atoms with van der Waals surface area (Å²) >= 11 is 16.6. The molecule has 0 spiro atoms. The Kier molecular flexibility index (Phi) is 10.9. The molecule has 0 aromatic carbocycles. The Labute approximate surface area is 208 Å². The molecular formula is C18H24Cl3N5O8. The molecule has 13 nitrogen and oxygen atoms in total. The van der Waals surface area contributed by atoms with Crippen molar-refractivity contribution in [1.29, 1.82) is 0 Å². The van der Waals surface area contributed by atoms with E-state index in [0.717, 1.165) is 0 Å². The van der Waals surface area contributed by atoms with Crippen LogP contribution < -0.4 is 16.0 Å². The number of nitrogens with one attached hydrogen (secondary N) is 4. The number of carboxylic acids is 2. The molecule has 16 heteroatoms. The first kappa shape index (κ1) is 29.3. The van der Waals surface area contributed by atoms with Gasteiger partial charge in [0.05, 0.1) is 12.0 Å². The number of aliphatic carboxylic acids is 2. The molecule has 0 radical (unpaired) electrons. The minimum Gasteiger partial charge on any atom is -0.481 e. The number of ether oxygens (including phenoxy) is 1. The van der Waals surface area contributed by atoms with Crippen molar-refractivity contribution in [2.45, 2.75) is 54.5 Å². The average molecular weight is 545 g/mol. The predicted molar refractivity (Wildman–Crippen MR) is 120 cm³/mol. The van der Waals surface area contributed by atoms with Crippen molar-refractivity contribution in [3.8, 4) is 0 Å². The van der Waals surface area contributed by atoms with Crippen LogP contribution in [0.4, 0.5) is 4.79 Å². The Morgan fingerprint density at radius 1 is 1.12 bits per heavy atom. The number of hydrogen-bond acceptors (Lipinski definition) is 7. The summed E-state index contributed by atoms with van der Waals surface area (Å²) in [6, 6.07) is -2.77. The monoisotopic (exact) mass is 543 g/mol. The zero-order chi connectivity index (χ0) is 26.1. The molecule has 3 amide bonds. The van der Waals surface area contributed by atoms with Crippen LogP contribution in [0.3, 0.4) is 0 Å². The second-order valence-corrected chi connectivity index (χ2v) is 10.1. The number of rotatable bonds is 12. The number of alkyl carbamates (subject to hydrolysis) is 1. The minimum atomic E-state index is -1.88. The third-order valence-corrected chi connectivity index (χ3v) is 4.52. The van der Waals surface area contributed by atoms with Crippen molar-refractivity contribution in [3.05, 3.63) is 18.2 Å². The summed E-state index contributed by atoms with van der Waals surface area (Å²) < 4.78 is 2.89. The SMILES string of the molecule is CC(C)(NC(=O)[C@H](Cc1c[nH]cn1)NC(=O)OCC(Cl)(Cl)Cl)C(=O)N[C@@H](CCC(=O)O)C(=O)O. The first-order valence-corrected chi connectivity index (χ1v) is 10.8. The lowest BCUT2D eigenvalue weighted by molar-refractivity contribution is -0.144. The van der Waals surface area contributed by atoms with Gasteiger partial charge in [-0.25, -0.2) is 14.6 Å². The Morgan fingerprint density at radius 2 is 1.76 bits per heavy atom. The number of aromatic amines is 1. The highest BCUT2D eigenvalue weighted by Crippen LogP contribution is 2.25. The van der Waals surface area contributed by atoms with E-state index in [2.05, 4.69) is 25.9 Å². The van der Waals surface area contributed by atoms with Gasteiger partial charge in [-0.1, -0.05) is 34.8 Å². The highest BCUT2D eigenvalue weighted by molar-refractivity contribution is 6.67. The number of carboxylic acid groups (broad SMARTS) is 2. The van der Waals surface area contributed by atoms with Gasteiger partial charge in [0.1, 0.15) is 24.2 Å². The zero-order valence-corrected chi connectivity index (χ0v) is 20.3. The van der Waals surface area contributed by atoms with E-state index >= 15 is 0 Å². The molecule has 0 aliphatic carbocycles. The van der Waals surface area contributed by atoms with Gasteiger partial charge in [-0.15, -0.1) is 0 Å². The lowest BCUT2D eigenvalue weighted by Crippen LogP contribution is -2.61. The predicted octanol–water partition coefficient (Wildman–Crippen LogP) is 0.746. The van der Waals surface area contributed by atoms with E-state index < -0.39 is 64.3 Å². The van der Waals surface area contributed by atoms with Crippen LogP contribution in [0.2, 0.25) is 0 Å². The Morgan fingerprint density at radius 3 is 2.26 bits per heavy atom. The number of imidazole rings is 1. The van der Waals surface area contributed by atoms with Crippen LogP contribution in [0.5, 0.6) is 0 Å². The van der Waals surface area contributed by atoms with Crippen LogP contribution in [0.25, 0.3) is 0 Å². The fourth-order valence-electron chi connectivity index (χ4n) is 2.47. The number of hydrogen-bond donors (Lipinski definition) is 6. The second kappa shape index (κ2) is 12.6. The van der Waals surface area contributed by atoms with Gasteiger partial charge in [0, 0.05) is 19.0 Å². The smallest absolute Gasteiger partial charge is 0.407 e. The number of alkyl halides is 3. The van der Waals surface area contributed by atoms with Crippen molar-refractivity contribution in [3.63, 3.8) is 0 Å². The molecule has 1 heterocycles. The van der Waals surface area contributed by atoms with E-state index in [-0.39, 0.29) is 12.8 Å². The highest BCUT2D eigenvalue weighted by atomic mass is 35.6. The Balaban J connectivity index is 2.90. The number of carbonyl (C=O) groups excluding carboxylic acids is 3. The zero-order valence-electron chi connectivity index (χ0n) is 18.1. The molecule has 6 N–H and O–H groups in total. The number of amides is 3. The van der Waals surface area contributed by atoms with Gasteiger partial charge < -0.3 is 35.9 Å². The molecular weight excluding hydrogens is 521 g/mol. The normalized spacial score (nSPS) is 13.3. The maximum absolute atomic E-state index is 12.9. The van der Waals surface area contributed by atoms with Crippen LogP contribution in [-0.4, -0.2) is 78.0 Å². The van der Waals surface area contributed by atoms with Gasteiger partial charge in [0.15, 0.2) is 0 Å². The van der Waals surface area contributed by atoms with E-state index in [9.17, 15) is 29.1 Å². The molecule has 1 aromatic heterocycles. The molecule has 0 unspecified atom stereocenters. The fourth-order valence-corrected chi connectivity index (χ4v) is 2.63. The van der Waals surface area contributed by atoms with E-state index in [4.69, 9.17) is 44.6 Å². The van der Waals surface area contributed by atoms with E-state index in [0.29, 0.717) is 5.69 Å². The van der Waals surface area contributed by atoms with Crippen LogP contribution in [0, 0.1) is 0 Å². The third kappa shape index (κ3) is 10.9. The Bertz CT molecular complexity index is 889. The molecule has 0 bridgehead atoms. The summed E-state index contributed by atoms with van der Waals surface area (Å²) in [5, 5.41) is 24.9. The number of halogens is 3. The number of nitrogens with zero attached hydrogens (tertiary/aromatic N) is 1. The van der Waals surface area contributed by atoms with Crippen LogP contribution in [-0.2, 0) is 30.3 Å². The second-order valence-electron chi connectivity index (χ2n) is 7.56. The molecule has 0 fully saturated rings. The quantitative estimate of drug-likeness (QED) is 0.205. The average Bonchev–Trinajstić information content (AvgIpc) is 3.20. The van der Waals surface area contributed by atoms with Crippen molar-refractivity contribution >= 4 is 64.6 Å². The maximum atomic E-state index is 12.9. The Hall–Kier alpha value is -2.77. The molecule has 0 aliphatic rings. The lowest BCUT2D eigenvalue weighted by atomic mass is 10.0. The largest absolute Gasteiger partial charge is 0.481 e. The van der Waals surface area contributed by atoms with Gasteiger partial charge >= 0.3 is 18.0 Å². The number of carbonyl (C=O) groups is 5. The third-order valence-electron chi connectivity index (χ3n) is 4.20. The van der Waals surface area contributed by atoms with Crippen LogP contribution in [0.15, 0.2) is 12.5 Å². The summed E-state index contributed by atoms with van der Waals surface area (Å²) in [6.07, 6.45) is 0.795. The van der Waals surface area contributed by atoms with Crippen LogP contribution >= 0.6 is 34.8 Å². The maximum Gasteiger partial charge on any atom is 0.407 e. The summed E-state index contributed by atoms with van der Waals surface area (Å²) in [5.41, 5.74) is -1.26. The van der Waals surface area contributed by atoms with Gasteiger partial charge in [-0.05, 0) is 20.3 Å². The first-order chi connectivity index (χ1) is 15.6. The summed E-state index contributed by atoms with van der Waals surface area (Å²) in [4.78, 5) is 66.3. The molecule has 0 saturated heterocycles. The molecule has 1 aromatic rings. The van der Waals surface area contributed by atoms with E-state index in [1.807, 2.05) is 0 Å². The van der Waals surface area contributed by atoms with Crippen molar-refractivity contribution < 1.29 is 38.9 Å². The van der Waals surface area contributed by atoms with Gasteiger partial charge in [-0.2, -0.15) is 0 Å². The topological polar surface area (TPSA) is 200 Å². The fraction of sp³-hybridized carbons (Fsp3) is 0.556. The molecule has 0 saturated carbocycles. The number of H-pyrrole nitrogens is 1. The summed E-state index contributed by atoms with van der Waals surface area (Å²) in [5.74, 6) is -4.39. The van der Waals surface area contributed by atoms with Crippen molar-refractivity contribution in [2.75, 3.05) is 6.61 Å². The van der Waals surface area contributed by atoms with Gasteiger partial charge in [-0.3, -0.25) is 14.4 Å². The van der Waals surface area contributed by atoms with Gasteiger partial charge in [0.2, 0.25) is 15.6 Å². The standard InChI is InChI=1S/C18H24Cl3N5O8/c1-17(2,15(32)24-10(14(30)31)3-4-12(27)28)26-13(29)11(5-9-6-22-8-23-9)25-16(33)34-7-18(19,20)21/h6,8,10-11H,3-5,7H2,1-2H3,(H,22,23)(H,24,32)(H,25,33)(H,26,29)(H,27,28)(H,30,31)/t10-,11-/m0/s1. The van der Waals surface area contributed by atoms with Crippen molar-refractivity contribution in [2.24, 2.45) is 0 Å². The van der Waals surface area contributed by atoms with Crippen molar-refractivity contribution in [1.82, 2.24) is 25.9 Å². The summed E-state index contributed by atoms with van der Waals surface area (Å²) in [6.45, 7) is 1.99.